The van der Waals surface area contributed by atoms with Crippen LogP contribution in [0.2, 0.25) is 0 Å². The number of benzene rings is 9. The number of hydrogen-bond acceptors (Lipinski definition) is 0. The zero-order valence-corrected chi connectivity index (χ0v) is 29.4. The van der Waals surface area contributed by atoms with Crippen molar-refractivity contribution in [1.29, 1.82) is 0 Å². The molecular weight excluding hydrogens is 653 g/mol. The van der Waals surface area contributed by atoms with Gasteiger partial charge in [0.2, 0.25) is 0 Å². The molecule has 0 saturated carbocycles. The first-order chi connectivity index (χ1) is 26.8. The topological polar surface area (TPSA) is 9.86 Å². The fourth-order valence-corrected chi connectivity index (χ4v) is 9.17. The molecule has 9 aromatic carbocycles. The summed E-state index contributed by atoms with van der Waals surface area (Å²) >= 11 is 0. The summed E-state index contributed by atoms with van der Waals surface area (Å²) in [5.74, 6) is 0. The lowest BCUT2D eigenvalue weighted by Crippen LogP contribution is -1.95. The zero-order valence-electron chi connectivity index (χ0n) is 29.4. The third kappa shape index (κ3) is 4.17. The molecule has 0 fully saturated rings. The van der Waals surface area contributed by atoms with Crippen molar-refractivity contribution in [2.45, 2.75) is 0 Å². The molecule has 2 heteroatoms. The van der Waals surface area contributed by atoms with Gasteiger partial charge in [-0.05, 0) is 98.8 Å². The molecule has 11 aromatic rings. The predicted molar refractivity (Wildman–Crippen MR) is 228 cm³/mol. The molecule has 2 aromatic heterocycles. The molecule has 0 saturated heterocycles. The molecular formula is C52H32N2. The highest BCUT2D eigenvalue weighted by Gasteiger charge is 2.24. The second kappa shape index (κ2) is 11.2. The van der Waals surface area contributed by atoms with Crippen LogP contribution in [0.3, 0.4) is 0 Å². The summed E-state index contributed by atoms with van der Waals surface area (Å²) in [4.78, 5) is 0. The maximum Gasteiger partial charge on any atom is 0.0619 e. The van der Waals surface area contributed by atoms with Gasteiger partial charge in [-0.15, -0.1) is 0 Å². The molecule has 0 unspecified atom stereocenters. The molecule has 1 aliphatic heterocycles. The second-order valence-corrected chi connectivity index (χ2v) is 14.5. The molecule has 2 nitrogen and oxygen atoms in total. The maximum atomic E-state index is 2.49. The van der Waals surface area contributed by atoms with E-state index in [1.807, 2.05) is 0 Å². The van der Waals surface area contributed by atoms with E-state index >= 15 is 0 Å². The Balaban J connectivity index is 1.01. The van der Waals surface area contributed by atoms with Gasteiger partial charge in [-0.1, -0.05) is 140 Å². The van der Waals surface area contributed by atoms with E-state index in [9.17, 15) is 0 Å². The van der Waals surface area contributed by atoms with Crippen molar-refractivity contribution < 1.29 is 0 Å². The third-order valence-electron chi connectivity index (χ3n) is 11.7. The largest absolute Gasteiger partial charge is 0.309 e. The van der Waals surface area contributed by atoms with Gasteiger partial charge in [0.25, 0.3) is 0 Å². The number of fused-ring (bicyclic) bond motifs is 12. The summed E-state index contributed by atoms with van der Waals surface area (Å²) in [6.07, 6.45) is 0. The van der Waals surface area contributed by atoms with Gasteiger partial charge in [0.05, 0.1) is 27.8 Å². The van der Waals surface area contributed by atoms with Crippen LogP contribution < -0.4 is 0 Å². The van der Waals surface area contributed by atoms with Gasteiger partial charge in [-0.3, -0.25) is 0 Å². The third-order valence-corrected chi connectivity index (χ3v) is 11.7. The Morgan fingerprint density at radius 2 is 0.815 bits per heavy atom. The quantitative estimate of drug-likeness (QED) is 0.175. The van der Waals surface area contributed by atoms with Gasteiger partial charge < -0.3 is 9.13 Å². The number of hydrogen-bond donors (Lipinski definition) is 0. The molecule has 250 valence electrons. The SMILES string of the molecule is c1ccc2c(c1)-c1ccccc1-n1c3ccc(-c4ccc5c(c4)c4ccccc4n5-c4ccc(-c5ccc6ccccc6c5)cc4)cc3c3cccc-2c31. The molecule has 0 N–H and O–H groups in total. The first-order valence-electron chi connectivity index (χ1n) is 18.7. The van der Waals surface area contributed by atoms with Crippen LogP contribution in [0.1, 0.15) is 0 Å². The summed E-state index contributed by atoms with van der Waals surface area (Å²) in [5.41, 5.74) is 17.3. The van der Waals surface area contributed by atoms with Gasteiger partial charge in [0.15, 0.2) is 0 Å². The molecule has 0 bridgehead atoms. The Labute approximate surface area is 312 Å². The van der Waals surface area contributed by atoms with E-state index in [1.165, 1.54) is 105 Å². The van der Waals surface area contributed by atoms with Crippen molar-refractivity contribution in [2.24, 2.45) is 0 Å². The van der Waals surface area contributed by atoms with E-state index in [-0.39, 0.29) is 0 Å². The minimum atomic E-state index is 1.16. The molecule has 54 heavy (non-hydrogen) atoms. The first-order valence-corrected chi connectivity index (χ1v) is 18.7. The van der Waals surface area contributed by atoms with E-state index in [2.05, 4.69) is 203 Å². The van der Waals surface area contributed by atoms with E-state index in [4.69, 9.17) is 0 Å². The molecule has 0 spiro atoms. The highest BCUT2D eigenvalue weighted by atomic mass is 15.0. The average molecular weight is 685 g/mol. The Morgan fingerprint density at radius 1 is 0.278 bits per heavy atom. The van der Waals surface area contributed by atoms with Crippen LogP contribution in [0.4, 0.5) is 0 Å². The van der Waals surface area contributed by atoms with E-state index < -0.39 is 0 Å². The van der Waals surface area contributed by atoms with Crippen LogP contribution in [-0.4, -0.2) is 9.13 Å². The summed E-state index contributed by atoms with van der Waals surface area (Å²) < 4.78 is 4.89. The Hall–Kier alpha value is -7.16. The summed E-state index contributed by atoms with van der Waals surface area (Å²) in [6, 6.07) is 71.6. The smallest absolute Gasteiger partial charge is 0.0619 e. The van der Waals surface area contributed by atoms with Gasteiger partial charge in [-0.2, -0.15) is 0 Å². The van der Waals surface area contributed by atoms with Gasteiger partial charge in [0.1, 0.15) is 0 Å². The molecule has 0 radical (unpaired) electrons. The van der Waals surface area contributed by atoms with Crippen molar-refractivity contribution in [3.05, 3.63) is 194 Å². The van der Waals surface area contributed by atoms with Crippen LogP contribution in [0, 0.1) is 0 Å². The molecule has 0 aliphatic carbocycles. The zero-order chi connectivity index (χ0) is 35.3. The van der Waals surface area contributed by atoms with E-state index in [0.29, 0.717) is 0 Å². The monoisotopic (exact) mass is 684 g/mol. The van der Waals surface area contributed by atoms with Crippen molar-refractivity contribution in [2.75, 3.05) is 0 Å². The molecule has 1 aliphatic rings. The first kappa shape index (κ1) is 29.4. The average Bonchev–Trinajstić information content (AvgIpc) is 3.71. The Morgan fingerprint density at radius 3 is 1.63 bits per heavy atom. The fraction of sp³-hybridized carbons (Fsp3) is 0. The molecule has 0 atom stereocenters. The van der Waals surface area contributed by atoms with E-state index in [1.54, 1.807) is 0 Å². The van der Waals surface area contributed by atoms with Crippen molar-refractivity contribution >= 4 is 54.4 Å². The minimum Gasteiger partial charge on any atom is -0.309 e. The fourth-order valence-electron chi connectivity index (χ4n) is 9.17. The van der Waals surface area contributed by atoms with Crippen molar-refractivity contribution in [3.63, 3.8) is 0 Å². The maximum absolute atomic E-state index is 2.49. The molecule has 0 amide bonds. The van der Waals surface area contributed by atoms with Crippen LogP contribution in [0.5, 0.6) is 0 Å². The van der Waals surface area contributed by atoms with Crippen LogP contribution in [0.25, 0.3) is 110 Å². The minimum absolute atomic E-state index is 1.16. The molecule has 3 heterocycles. The van der Waals surface area contributed by atoms with Crippen molar-refractivity contribution in [3.8, 4) is 55.9 Å². The number of para-hydroxylation sites is 3. The van der Waals surface area contributed by atoms with Crippen LogP contribution in [-0.2, 0) is 0 Å². The lowest BCUT2D eigenvalue weighted by Gasteiger charge is -2.12. The lowest BCUT2D eigenvalue weighted by molar-refractivity contribution is 1.18. The predicted octanol–water partition coefficient (Wildman–Crippen LogP) is 14.0. The number of aromatic nitrogens is 2. The van der Waals surface area contributed by atoms with Gasteiger partial charge in [-0.25, -0.2) is 0 Å². The normalized spacial score (nSPS) is 12.1. The lowest BCUT2D eigenvalue weighted by atomic mass is 9.93. The van der Waals surface area contributed by atoms with Crippen LogP contribution >= 0.6 is 0 Å². The summed E-state index contributed by atoms with van der Waals surface area (Å²) in [5, 5.41) is 7.59. The highest BCUT2D eigenvalue weighted by Crippen LogP contribution is 2.47. The van der Waals surface area contributed by atoms with Crippen LogP contribution in [0.15, 0.2) is 194 Å². The van der Waals surface area contributed by atoms with Gasteiger partial charge in [0, 0.05) is 38.4 Å². The summed E-state index contributed by atoms with van der Waals surface area (Å²) in [6.45, 7) is 0. The highest BCUT2D eigenvalue weighted by molar-refractivity contribution is 6.17. The van der Waals surface area contributed by atoms with E-state index in [0.717, 1.165) is 5.69 Å². The Bertz CT molecular complexity index is 3320. The standard InChI is InChI=1S/C52H32N2/c1-2-11-35-30-36(21-20-33(35)10-1)34-22-26-39(27-23-34)53-48-18-7-6-15-43(48)46-31-37(24-28-50(46)53)38-25-29-51-47(32-38)45-17-9-16-44-41-13-4-3-12-40(41)42-14-5-8-19-49(42)54(51)52(44)45/h1-32H. The molecule has 12 rings (SSSR count). The second-order valence-electron chi connectivity index (χ2n) is 14.5. The van der Waals surface area contributed by atoms with Crippen molar-refractivity contribution in [1.82, 2.24) is 9.13 Å². The van der Waals surface area contributed by atoms with Gasteiger partial charge >= 0.3 is 0 Å². The number of rotatable bonds is 3. The summed E-state index contributed by atoms with van der Waals surface area (Å²) in [7, 11) is 0. The number of nitrogens with zero attached hydrogens (tertiary/aromatic N) is 2. The Kier molecular flexibility index (Phi) is 6.09.